The average Bonchev–Trinajstić information content (AvgIpc) is 3.05. The van der Waals surface area contributed by atoms with Gasteiger partial charge in [0, 0.05) is 11.4 Å². The fraction of sp³-hybridized carbons (Fsp3) is 0.708. The van der Waals surface area contributed by atoms with Gasteiger partial charge in [0.25, 0.3) is 0 Å². The third-order valence-electron chi connectivity index (χ3n) is 4.24. The number of nitrogens with zero attached hydrogens (tertiary/aromatic N) is 7. The third kappa shape index (κ3) is 11.6. The molecule has 0 bridgehead atoms. The predicted molar refractivity (Wildman–Crippen MR) is 149 cm³/mol. The largest absolute Gasteiger partial charge is 2.00 e. The molecule has 0 atom stereocenters. The maximum absolute atomic E-state index is 4.82. The molecular weight excluding hydrogens is 508 g/mol. The molecule has 34 heavy (non-hydrogen) atoms. The quantitative estimate of drug-likeness (QED) is 0.210. The molecule has 0 unspecified atom stereocenters. The monoisotopic (exact) mass is 553 g/mol. The first-order valence-corrected chi connectivity index (χ1v) is 18.9. The van der Waals surface area contributed by atoms with Gasteiger partial charge in [-0.3, -0.25) is 0 Å². The minimum atomic E-state index is -1.11. The van der Waals surface area contributed by atoms with Crippen molar-refractivity contribution in [3.8, 4) is 0 Å². The van der Waals surface area contributed by atoms with Crippen LogP contribution in [0, 0.1) is 27.7 Å². The van der Waals surface area contributed by atoms with Crippen molar-refractivity contribution in [3.63, 3.8) is 0 Å². The molecule has 0 radical (unpaired) electrons. The van der Waals surface area contributed by atoms with Gasteiger partial charge in [0.15, 0.2) is 6.17 Å². The summed E-state index contributed by atoms with van der Waals surface area (Å²) in [4.78, 5) is 4.80. The summed E-state index contributed by atoms with van der Waals surface area (Å²) in [5, 5.41) is 14.2. The van der Waals surface area contributed by atoms with E-state index in [-0.39, 0.29) is 37.7 Å². The van der Waals surface area contributed by atoms with Crippen LogP contribution < -0.4 is 0 Å². The number of aryl methyl sites for hydroxylation is 4. The van der Waals surface area contributed by atoms with Crippen LogP contribution in [0.15, 0.2) is 17.1 Å². The number of hydrogen-bond acceptors (Lipinski definition) is 3. The number of amidine groups is 1. The second-order valence-corrected chi connectivity index (χ2v) is 21.0. The molecule has 2 heterocycles. The summed E-state index contributed by atoms with van der Waals surface area (Å²) < 4.78 is 8.77. The van der Waals surface area contributed by atoms with Crippen molar-refractivity contribution in [3.05, 3.63) is 44.9 Å². The van der Waals surface area contributed by atoms with Gasteiger partial charge in [0.05, 0.1) is 11.4 Å². The van der Waals surface area contributed by atoms with Crippen LogP contribution in [0.3, 0.4) is 0 Å². The summed E-state index contributed by atoms with van der Waals surface area (Å²) in [7, 11) is -2.21. The fourth-order valence-electron chi connectivity index (χ4n) is 3.81. The first kappa shape index (κ1) is 32.9. The summed E-state index contributed by atoms with van der Waals surface area (Å²) in [6, 6.07) is 4.44. The Hall–Kier alpha value is -1.09. The van der Waals surface area contributed by atoms with Gasteiger partial charge in [0.1, 0.15) is 0 Å². The summed E-state index contributed by atoms with van der Waals surface area (Å²) >= 11 is 0. The van der Waals surface area contributed by atoms with E-state index in [1.54, 1.807) is 0 Å². The molecule has 0 fully saturated rings. The molecule has 0 aromatic carbocycles. The molecule has 188 valence electrons. The van der Waals surface area contributed by atoms with Gasteiger partial charge >= 0.3 is 19.5 Å². The van der Waals surface area contributed by atoms with Crippen LogP contribution >= 0.6 is 0 Å². The molecule has 2 rings (SSSR count). The SMILES string of the molecule is C[Si](C)(C)[N-][Si](C)(C)C.Cc1cc(C)n(C(C(=NC(C)C)[N-]C(C)C)n2nc(C)cc2C)n1.[Zn+2]. The Morgan fingerprint density at radius 2 is 1.18 bits per heavy atom. The van der Waals surface area contributed by atoms with Gasteiger partial charge in [-0.2, -0.15) is 10.2 Å². The fourth-order valence-corrected chi connectivity index (χ4v) is 11.9. The van der Waals surface area contributed by atoms with Crippen molar-refractivity contribution in [1.29, 1.82) is 0 Å². The van der Waals surface area contributed by atoms with Gasteiger partial charge in [-0.15, -0.1) is 0 Å². The molecule has 2 aromatic rings. The standard InChI is InChI=1S/C18H29N6.C6H18NSi2.Zn/c1-11(2)19-17(20-12(3)4)18(23-15(7)9-13(5)21-23)24-16(8)10-14(6)22-24;1-8(2,3)7-9(4,5)6;/h9-12,18H,1-8H3;1-6H3;/q2*-1;+2. The number of aliphatic imine (C=N–C) groups is 1. The van der Waals surface area contributed by atoms with Gasteiger partial charge < -0.3 is 15.0 Å². The van der Waals surface area contributed by atoms with E-state index in [0.717, 1.165) is 28.6 Å². The molecular formula is C24H47N7Si2Zn. The van der Waals surface area contributed by atoms with E-state index in [2.05, 4.69) is 103 Å². The van der Waals surface area contributed by atoms with Crippen molar-refractivity contribution < 1.29 is 19.5 Å². The zero-order valence-corrected chi connectivity index (χ0v) is 29.2. The number of hydrogen-bond donors (Lipinski definition) is 0. The third-order valence-corrected chi connectivity index (χ3v) is 9.60. The van der Waals surface area contributed by atoms with Gasteiger partial charge in [-0.1, -0.05) is 83.4 Å². The molecule has 0 amide bonds. The zero-order chi connectivity index (χ0) is 25.7. The van der Waals surface area contributed by atoms with Crippen molar-refractivity contribution in [2.45, 2.75) is 113 Å². The normalized spacial score (nSPS) is 12.7. The minimum absolute atomic E-state index is 0. The number of rotatable bonds is 7. The zero-order valence-electron chi connectivity index (χ0n) is 24.2. The summed E-state index contributed by atoms with van der Waals surface area (Å²) in [5.41, 5.74) is 4.10. The van der Waals surface area contributed by atoms with Crippen molar-refractivity contribution in [1.82, 2.24) is 19.6 Å². The Kier molecular flexibility index (Phi) is 12.9. The second kappa shape index (κ2) is 13.3. The van der Waals surface area contributed by atoms with Gasteiger partial charge in [0.2, 0.25) is 0 Å². The van der Waals surface area contributed by atoms with E-state index in [0.29, 0.717) is 0 Å². The Labute approximate surface area is 223 Å². The molecule has 0 aliphatic carbocycles. The molecule has 0 saturated carbocycles. The van der Waals surface area contributed by atoms with Crippen molar-refractivity contribution >= 4 is 22.3 Å². The van der Waals surface area contributed by atoms with Gasteiger partial charge in [-0.05, 0) is 57.7 Å². The topological polar surface area (TPSA) is 76.2 Å². The summed E-state index contributed by atoms with van der Waals surface area (Å²) in [5.74, 6) is 0.761. The van der Waals surface area contributed by atoms with E-state index < -0.39 is 16.5 Å². The van der Waals surface area contributed by atoms with Crippen molar-refractivity contribution in [2.24, 2.45) is 4.99 Å². The first-order chi connectivity index (χ1) is 14.9. The molecule has 7 nitrogen and oxygen atoms in total. The van der Waals surface area contributed by atoms with E-state index in [9.17, 15) is 0 Å². The molecule has 0 aliphatic rings. The molecule has 0 saturated heterocycles. The Balaban J connectivity index is 0.000000931. The Bertz CT molecular complexity index is 861. The maximum atomic E-state index is 4.82. The Morgan fingerprint density at radius 3 is 1.38 bits per heavy atom. The van der Waals surface area contributed by atoms with E-state index in [1.807, 2.05) is 23.2 Å². The smallest absolute Gasteiger partial charge is 0.668 e. The maximum Gasteiger partial charge on any atom is 2.00 e. The predicted octanol–water partition coefficient (Wildman–Crippen LogP) is 6.98. The second-order valence-electron chi connectivity index (χ2n) is 11.4. The van der Waals surface area contributed by atoms with Gasteiger partial charge in [-0.25, -0.2) is 9.36 Å². The molecule has 0 N–H and O–H groups in total. The number of aromatic nitrogens is 4. The minimum Gasteiger partial charge on any atom is -0.668 e. The summed E-state index contributed by atoms with van der Waals surface area (Å²) in [6.45, 7) is 30.2. The van der Waals surface area contributed by atoms with Crippen LogP contribution in [0.2, 0.25) is 39.3 Å². The van der Waals surface area contributed by atoms with Crippen molar-refractivity contribution in [2.75, 3.05) is 0 Å². The molecule has 2 aromatic heterocycles. The van der Waals surface area contributed by atoms with Crippen LogP contribution in [-0.4, -0.2) is 54.0 Å². The Morgan fingerprint density at radius 1 is 0.794 bits per heavy atom. The van der Waals surface area contributed by atoms with Crippen LogP contribution in [0.5, 0.6) is 0 Å². The average molecular weight is 555 g/mol. The van der Waals surface area contributed by atoms with Crippen LogP contribution in [-0.2, 0) is 19.5 Å². The molecule has 10 heteroatoms. The van der Waals surface area contributed by atoms with E-state index in [4.69, 9.17) is 15.0 Å². The van der Waals surface area contributed by atoms with Crippen LogP contribution in [0.25, 0.3) is 9.96 Å². The molecule has 0 spiro atoms. The first-order valence-electron chi connectivity index (χ1n) is 12.0. The molecule has 0 aliphatic heterocycles. The van der Waals surface area contributed by atoms with E-state index >= 15 is 0 Å². The van der Waals surface area contributed by atoms with Crippen LogP contribution in [0.4, 0.5) is 0 Å². The summed E-state index contributed by atoms with van der Waals surface area (Å²) in [6.07, 6.45) is -0.266. The van der Waals surface area contributed by atoms with Crippen LogP contribution in [0.1, 0.15) is 56.6 Å². The van der Waals surface area contributed by atoms with E-state index in [1.165, 1.54) is 0 Å².